The quantitative estimate of drug-likeness (QED) is 0.395. The molecule has 164 valence electrons. The van der Waals surface area contributed by atoms with E-state index in [0.717, 1.165) is 0 Å². The Morgan fingerprint density at radius 3 is 2.29 bits per heavy atom. The van der Waals surface area contributed by atoms with Crippen molar-refractivity contribution in [2.45, 2.75) is 26.2 Å². The first-order chi connectivity index (χ1) is 15.0. The average Bonchev–Trinajstić information content (AvgIpc) is 2.78. The number of amides is 3. The molecular weight excluding hydrogens is 402 g/mol. The number of hydrogen-bond donors (Lipinski definition) is 3. The van der Waals surface area contributed by atoms with Gasteiger partial charge in [0.25, 0.3) is 11.8 Å². The van der Waals surface area contributed by atoms with Crippen molar-refractivity contribution in [3.05, 3.63) is 60.2 Å². The molecule has 0 aliphatic rings. The molecule has 2 rings (SSSR count). The van der Waals surface area contributed by atoms with Crippen molar-refractivity contribution in [3.63, 3.8) is 0 Å². The summed E-state index contributed by atoms with van der Waals surface area (Å²) in [6.45, 7) is 1.84. The fourth-order valence-electron chi connectivity index (χ4n) is 2.50. The van der Waals surface area contributed by atoms with Crippen molar-refractivity contribution in [1.29, 1.82) is 0 Å². The number of carbonyl (C=O) groups is 4. The normalized spacial score (nSPS) is 9.97. The van der Waals surface area contributed by atoms with Gasteiger partial charge in [-0.1, -0.05) is 30.3 Å². The molecule has 9 nitrogen and oxygen atoms in total. The van der Waals surface area contributed by atoms with Crippen molar-refractivity contribution >= 4 is 29.4 Å². The summed E-state index contributed by atoms with van der Waals surface area (Å²) in [7, 11) is 0. The molecule has 0 atom stereocenters. The number of benzene rings is 2. The van der Waals surface area contributed by atoms with E-state index in [-0.39, 0.29) is 19.3 Å². The molecule has 0 heterocycles. The van der Waals surface area contributed by atoms with Crippen LogP contribution in [-0.2, 0) is 19.1 Å². The summed E-state index contributed by atoms with van der Waals surface area (Å²) in [5.74, 6) is -1.46. The van der Waals surface area contributed by atoms with Crippen molar-refractivity contribution in [1.82, 2.24) is 10.9 Å². The number of hydrogen-bond acceptors (Lipinski definition) is 6. The minimum absolute atomic E-state index is 0.0120. The van der Waals surface area contributed by atoms with Gasteiger partial charge in [-0.2, -0.15) is 0 Å². The maximum absolute atomic E-state index is 12.0. The third-order valence-electron chi connectivity index (χ3n) is 3.96. The molecule has 31 heavy (non-hydrogen) atoms. The molecule has 0 fully saturated rings. The number of rotatable bonds is 10. The van der Waals surface area contributed by atoms with Crippen LogP contribution in [0.25, 0.3) is 0 Å². The van der Waals surface area contributed by atoms with Crippen LogP contribution in [0.1, 0.15) is 36.5 Å². The highest BCUT2D eigenvalue weighted by Crippen LogP contribution is 2.23. The smallest absolute Gasteiger partial charge is 0.306 e. The zero-order valence-electron chi connectivity index (χ0n) is 17.2. The van der Waals surface area contributed by atoms with E-state index in [1.165, 1.54) is 0 Å². The Bertz CT molecular complexity index is 901. The van der Waals surface area contributed by atoms with Crippen LogP contribution in [0.15, 0.2) is 54.6 Å². The lowest BCUT2D eigenvalue weighted by Crippen LogP contribution is -2.41. The largest absolute Gasteiger partial charge is 0.492 e. The highest BCUT2D eigenvalue weighted by atomic mass is 16.5. The van der Waals surface area contributed by atoms with Gasteiger partial charge < -0.3 is 14.8 Å². The molecular formula is C22H25N3O6. The van der Waals surface area contributed by atoms with Crippen LogP contribution in [0.5, 0.6) is 5.75 Å². The lowest BCUT2D eigenvalue weighted by atomic mass is 10.2. The van der Waals surface area contributed by atoms with E-state index in [1.807, 2.05) is 6.92 Å². The van der Waals surface area contributed by atoms with Crippen molar-refractivity contribution in [3.8, 4) is 5.75 Å². The molecule has 9 heteroatoms. The molecule has 0 saturated carbocycles. The number of nitrogens with one attached hydrogen (secondary N) is 3. The van der Waals surface area contributed by atoms with Crippen molar-refractivity contribution in [2.24, 2.45) is 0 Å². The zero-order valence-corrected chi connectivity index (χ0v) is 17.2. The zero-order chi connectivity index (χ0) is 22.5. The van der Waals surface area contributed by atoms with Gasteiger partial charge in [0.15, 0.2) is 6.61 Å². The minimum atomic E-state index is -0.602. The first kappa shape index (κ1) is 23.4. The second-order valence-electron chi connectivity index (χ2n) is 6.36. The van der Waals surface area contributed by atoms with Gasteiger partial charge in [-0.3, -0.25) is 30.0 Å². The van der Waals surface area contributed by atoms with Crippen LogP contribution in [0.4, 0.5) is 5.69 Å². The summed E-state index contributed by atoms with van der Waals surface area (Å²) in [6.07, 6.45) is 0.182. The average molecular weight is 427 g/mol. The van der Waals surface area contributed by atoms with Gasteiger partial charge in [-0.05, 0) is 37.6 Å². The third-order valence-corrected chi connectivity index (χ3v) is 3.96. The standard InChI is InChI=1S/C22H25N3O6/c1-2-30-18-12-7-6-11-17(18)23-20(27)15-31-21(28)14-8-13-19(26)24-25-22(29)16-9-4-3-5-10-16/h3-7,9-12H,2,8,13-15H2,1H3,(H,23,27)(H,24,26)(H,25,29). The topological polar surface area (TPSA) is 123 Å². The van der Waals surface area contributed by atoms with Gasteiger partial charge in [0.2, 0.25) is 5.91 Å². The van der Waals surface area contributed by atoms with Crippen molar-refractivity contribution < 1.29 is 28.7 Å². The Kier molecular flexibility index (Phi) is 9.54. The Morgan fingerprint density at radius 2 is 1.55 bits per heavy atom. The molecule has 0 aliphatic heterocycles. The molecule has 0 aliphatic carbocycles. The number of ether oxygens (including phenoxy) is 2. The molecule has 3 amide bonds. The van der Waals surface area contributed by atoms with Crippen LogP contribution in [0, 0.1) is 0 Å². The summed E-state index contributed by atoms with van der Waals surface area (Å²) in [5.41, 5.74) is 5.47. The number of carbonyl (C=O) groups excluding carboxylic acids is 4. The van der Waals surface area contributed by atoms with E-state index in [0.29, 0.717) is 23.6 Å². The van der Waals surface area contributed by atoms with Gasteiger partial charge in [0.05, 0.1) is 12.3 Å². The van der Waals surface area contributed by atoms with E-state index in [9.17, 15) is 19.2 Å². The second-order valence-corrected chi connectivity index (χ2v) is 6.36. The molecule has 0 saturated heterocycles. The van der Waals surface area contributed by atoms with Gasteiger partial charge in [-0.15, -0.1) is 0 Å². The SMILES string of the molecule is CCOc1ccccc1NC(=O)COC(=O)CCCC(=O)NNC(=O)c1ccccc1. The third kappa shape index (κ3) is 8.57. The van der Waals surface area contributed by atoms with Crippen LogP contribution in [0.2, 0.25) is 0 Å². The van der Waals surface area contributed by atoms with Gasteiger partial charge in [0, 0.05) is 18.4 Å². The van der Waals surface area contributed by atoms with Crippen molar-refractivity contribution in [2.75, 3.05) is 18.5 Å². The predicted molar refractivity (Wildman–Crippen MR) is 113 cm³/mol. The van der Waals surface area contributed by atoms with E-state index in [2.05, 4.69) is 16.2 Å². The van der Waals surface area contributed by atoms with E-state index < -0.39 is 30.3 Å². The highest BCUT2D eigenvalue weighted by Gasteiger charge is 2.12. The van der Waals surface area contributed by atoms with Gasteiger partial charge in [-0.25, -0.2) is 0 Å². The molecule has 0 spiro atoms. The number of para-hydroxylation sites is 2. The fraction of sp³-hybridized carbons (Fsp3) is 0.273. The lowest BCUT2D eigenvalue weighted by Gasteiger charge is -2.11. The number of hydrazine groups is 1. The highest BCUT2D eigenvalue weighted by molar-refractivity contribution is 5.95. The predicted octanol–water partition coefficient (Wildman–Crippen LogP) is 2.20. The monoisotopic (exact) mass is 427 g/mol. The maximum Gasteiger partial charge on any atom is 0.306 e. The molecule has 0 radical (unpaired) electrons. The van der Waals surface area contributed by atoms with Crippen LogP contribution < -0.4 is 20.9 Å². The van der Waals surface area contributed by atoms with Gasteiger partial charge >= 0.3 is 5.97 Å². The van der Waals surface area contributed by atoms with Crippen LogP contribution in [0.3, 0.4) is 0 Å². The Labute approximate surface area is 180 Å². The van der Waals surface area contributed by atoms with Crippen LogP contribution >= 0.6 is 0 Å². The van der Waals surface area contributed by atoms with E-state index in [4.69, 9.17) is 9.47 Å². The van der Waals surface area contributed by atoms with E-state index >= 15 is 0 Å². The maximum atomic E-state index is 12.0. The second kappa shape index (κ2) is 12.6. The number of anilines is 1. The molecule has 0 bridgehead atoms. The summed E-state index contributed by atoms with van der Waals surface area (Å²) in [5, 5.41) is 2.62. The first-order valence-electron chi connectivity index (χ1n) is 9.81. The van der Waals surface area contributed by atoms with Gasteiger partial charge in [0.1, 0.15) is 5.75 Å². The summed E-state index contributed by atoms with van der Waals surface area (Å²) < 4.78 is 10.3. The molecule has 3 N–H and O–H groups in total. The molecule has 0 aromatic heterocycles. The Morgan fingerprint density at radius 1 is 0.839 bits per heavy atom. The Balaban J connectivity index is 1.62. The summed E-state index contributed by atoms with van der Waals surface area (Å²) in [4.78, 5) is 47.3. The number of esters is 1. The lowest BCUT2D eigenvalue weighted by molar-refractivity contribution is -0.147. The Hall–Kier alpha value is -3.88. The summed E-state index contributed by atoms with van der Waals surface area (Å²) in [6, 6.07) is 15.4. The van der Waals surface area contributed by atoms with E-state index in [1.54, 1.807) is 54.6 Å². The fourth-order valence-corrected chi connectivity index (χ4v) is 2.50. The molecule has 2 aromatic rings. The molecule has 0 unspecified atom stereocenters. The molecule has 2 aromatic carbocycles. The first-order valence-corrected chi connectivity index (χ1v) is 9.81. The summed E-state index contributed by atoms with van der Waals surface area (Å²) >= 11 is 0. The van der Waals surface area contributed by atoms with Crippen LogP contribution in [-0.4, -0.2) is 36.9 Å². The minimum Gasteiger partial charge on any atom is -0.492 e.